The summed E-state index contributed by atoms with van der Waals surface area (Å²) in [5.74, 6) is 0. The Hall–Kier alpha value is -0.330. The van der Waals surface area contributed by atoms with Crippen molar-refractivity contribution in [1.29, 1.82) is 5.53 Å². The molecule has 0 aromatic rings. The van der Waals surface area contributed by atoms with Crippen molar-refractivity contribution in [3.05, 3.63) is 0 Å². The zero-order valence-corrected chi connectivity index (χ0v) is 4.23. The van der Waals surface area contributed by atoms with E-state index in [1.807, 2.05) is 4.72 Å². The van der Waals surface area contributed by atoms with Crippen LogP contribution in [-0.2, 0) is 11.3 Å². The van der Waals surface area contributed by atoms with E-state index >= 15 is 0 Å². The van der Waals surface area contributed by atoms with Crippen molar-refractivity contribution in [2.75, 3.05) is 6.67 Å². The molecule has 0 spiro atoms. The van der Waals surface area contributed by atoms with Gasteiger partial charge < -0.3 is 0 Å². The summed E-state index contributed by atoms with van der Waals surface area (Å²) in [6, 6.07) is 0. The predicted molar refractivity (Wildman–Crippen MR) is 23.9 cm³/mol. The Balaban J connectivity index is 2.97. The van der Waals surface area contributed by atoms with E-state index in [0.29, 0.717) is 0 Å². The smallest absolute Gasteiger partial charge is 0.233 e. The highest BCUT2D eigenvalue weighted by molar-refractivity contribution is 7.77. The van der Waals surface area contributed by atoms with E-state index in [1.165, 1.54) is 0 Å². The van der Waals surface area contributed by atoms with E-state index in [0.717, 1.165) is 0 Å². The third kappa shape index (κ3) is 5.67. The van der Waals surface area contributed by atoms with E-state index in [-0.39, 0.29) is 6.67 Å². The first-order valence-electron chi connectivity index (χ1n) is 1.45. The third-order valence-corrected chi connectivity index (χ3v) is 0.643. The molecule has 0 amide bonds. The van der Waals surface area contributed by atoms with Gasteiger partial charge in [0.25, 0.3) is 0 Å². The van der Waals surface area contributed by atoms with E-state index in [1.54, 1.807) is 0 Å². The molecule has 0 saturated carbocycles. The molecule has 0 fully saturated rings. The van der Waals surface area contributed by atoms with Crippen LogP contribution in [0.25, 0.3) is 0 Å². The van der Waals surface area contributed by atoms with E-state index < -0.39 is 11.3 Å². The summed E-state index contributed by atoms with van der Waals surface area (Å²) in [4.78, 5) is 0. The molecule has 6 heteroatoms. The minimum Gasteiger partial charge on any atom is -0.294 e. The monoisotopic (exact) mass is 123 g/mol. The molecular weight excluding hydrogens is 118 g/mol. The molecule has 5 nitrogen and oxygen atoms in total. The highest BCUT2D eigenvalue weighted by atomic mass is 32.2. The van der Waals surface area contributed by atoms with Gasteiger partial charge in [-0.05, 0) is 0 Å². The topological polar surface area (TPSA) is 85.5 Å². The minimum atomic E-state index is -2.03. The zero-order valence-electron chi connectivity index (χ0n) is 3.42. The van der Waals surface area contributed by atoms with Gasteiger partial charge in [-0.3, -0.25) is 4.55 Å². The maximum absolute atomic E-state index is 9.61. The molecule has 1 unspecified atom stereocenters. The highest BCUT2D eigenvalue weighted by Gasteiger charge is 1.83. The van der Waals surface area contributed by atoms with Crippen LogP contribution in [0, 0.1) is 5.53 Å². The Kier molecular flexibility index (Phi) is 3.67. The second-order valence-electron chi connectivity index (χ2n) is 0.710. The maximum Gasteiger partial charge on any atom is 0.233 e. The summed E-state index contributed by atoms with van der Waals surface area (Å²) >= 11 is -2.03. The molecule has 0 saturated heterocycles. The minimum absolute atomic E-state index is 0.108. The molecule has 0 aliphatic rings. The molecule has 1 atom stereocenters. The Labute approximate surface area is 43.0 Å². The fourth-order valence-electron chi connectivity index (χ4n) is 0.0875. The number of nitrogens with one attached hydrogen (secondary N) is 2. The van der Waals surface area contributed by atoms with Crippen LogP contribution in [-0.4, -0.2) is 15.4 Å². The molecule has 42 valence electrons. The van der Waals surface area contributed by atoms with Crippen molar-refractivity contribution in [1.82, 2.24) is 4.72 Å². The number of nitrogens with zero attached hydrogens (tertiary/aromatic N) is 1. The Bertz CT molecular complexity index is 83.0. The van der Waals surface area contributed by atoms with Crippen molar-refractivity contribution >= 4 is 11.3 Å². The van der Waals surface area contributed by atoms with Crippen molar-refractivity contribution in [3.63, 3.8) is 0 Å². The summed E-state index contributed by atoms with van der Waals surface area (Å²) in [6.07, 6.45) is 0. The van der Waals surface area contributed by atoms with Crippen LogP contribution in [0.4, 0.5) is 0 Å². The van der Waals surface area contributed by atoms with Gasteiger partial charge in [0, 0.05) is 0 Å². The lowest BCUT2D eigenvalue weighted by molar-refractivity contribution is 0.548. The summed E-state index contributed by atoms with van der Waals surface area (Å²) in [5.41, 5.74) is 6.11. The second kappa shape index (κ2) is 3.85. The van der Waals surface area contributed by atoms with Crippen LogP contribution in [0.15, 0.2) is 5.11 Å². The fourth-order valence-corrected chi connectivity index (χ4v) is 0.262. The van der Waals surface area contributed by atoms with Gasteiger partial charge >= 0.3 is 0 Å². The van der Waals surface area contributed by atoms with E-state index in [4.69, 9.17) is 10.1 Å². The van der Waals surface area contributed by atoms with Crippen molar-refractivity contribution in [2.24, 2.45) is 5.11 Å². The SMILES string of the molecule is N=NCNS(=O)O. The van der Waals surface area contributed by atoms with Gasteiger partial charge in [-0.2, -0.15) is 9.84 Å². The quantitative estimate of drug-likeness (QED) is 0.355. The number of hydrogen-bond donors (Lipinski definition) is 3. The predicted octanol–water partition coefficient (Wildman–Crippen LogP) is -0.299. The summed E-state index contributed by atoms with van der Waals surface area (Å²) < 4.78 is 19.5. The average molecular weight is 123 g/mol. The average Bonchev–Trinajstić information content (AvgIpc) is 1.61. The lowest BCUT2D eigenvalue weighted by Gasteiger charge is -1.86. The van der Waals surface area contributed by atoms with Crippen molar-refractivity contribution in [3.8, 4) is 0 Å². The standard InChI is InChI=1S/CH5N3O2S/c2-3-1-4-7(5)6/h2,4H,1H2,(H,5,6). The zero-order chi connectivity index (χ0) is 5.70. The normalized spacial score (nSPS) is 13.3. The molecule has 0 bridgehead atoms. The van der Waals surface area contributed by atoms with E-state index in [9.17, 15) is 4.21 Å². The molecule has 0 aliphatic carbocycles. The molecule has 0 aromatic carbocycles. The first kappa shape index (κ1) is 6.67. The van der Waals surface area contributed by atoms with Crippen molar-refractivity contribution in [2.45, 2.75) is 0 Å². The van der Waals surface area contributed by atoms with Gasteiger partial charge in [-0.1, -0.05) is 0 Å². The molecule has 0 rings (SSSR count). The Morgan fingerprint density at radius 2 is 2.57 bits per heavy atom. The Morgan fingerprint density at radius 1 is 2.00 bits per heavy atom. The van der Waals surface area contributed by atoms with Crippen LogP contribution in [0.1, 0.15) is 0 Å². The molecule has 0 radical (unpaired) electrons. The van der Waals surface area contributed by atoms with Crippen LogP contribution in [0.3, 0.4) is 0 Å². The summed E-state index contributed by atoms with van der Waals surface area (Å²) in [5, 5.41) is 2.76. The second-order valence-corrected chi connectivity index (χ2v) is 1.50. The van der Waals surface area contributed by atoms with Crippen molar-refractivity contribution < 1.29 is 8.76 Å². The van der Waals surface area contributed by atoms with Crippen LogP contribution < -0.4 is 4.72 Å². The van der Waals surface area contributed by atoms with Gasteiger partial charge in [0.1, 0.15) is 6.67 Å². The molecule has 0 heterocycles. The van der Waals surface area contributed by atoms with Gasteiger partial charge in [0.15, 0.2) is 0 Å². The first-order chi connectivity index (χ1) is 3.27. The largest absolute Gasteiger partial charge is 0.294 e. The third-order valence-electron chi connectivity index (χ3n) is 0.267. The molecule has 0 aromatic heterocycles. The van der Waals surface area contributed by atoms with Gasteiger partial charge in [0.2, 0.25) is 11.3 Å². The maximum atomic E-state index is 9.61. The lowest BCUT2D eigenvalue weighted by Crippen LogP contribution is -2.14. The summed E-state index contributed by atoms with van der Waals surface area (Å²) in [7, 11) is 0. The van der Waals surface area contributed by atoms with Crippen LogP contribution >= 0.6 is 0 Å². The van der Waals surface area contributed by atoms with Gasteiger partial charge in [0.05, 0.1) is 0 Å². The van der Waals surface area contributed by atoms with Crippen LogP contribution in [0.2, 0.25) is 0 Å². The van der Waals surface area contributed by atoms with Gasteiger partial charge in [-0.25, -0.2) is 9.74 Å². The number of hydrogen-bond acceptors (Lipinski definition) is 3. The van der Waals surface area contributed by atoms with E-state index in [2.05, 4.69) is 5.11 Å². The fraction of sp³-hybridized carbons (Fsp3) is 1.00. The molecule has 0 aliphatic heterocycles. The molecule has 3 N–H and O–H groups in total. The highest BCUT2D eigenvalue weighted by Crippen LogP contribution is 1.61. The first-order valence-corrected chi connectivity index (χ1v) is 2.55. The molecular formula is CH5N3O2S. The lowest BCUT2D eigenvalue weighted by atomic mass is 11.3. The summed E-state index contributed by atoms with van der Waals surface area (Å²) in [6.45, 7) is -0.108. The van der Waals surface area contributed by atoms with Gasteiger partial charge in [-0.15, -0.1) is 0 Å². The number of rotatable bonds is 3. The molecule has 7 heavy (non-hydrogen) atoms. The Morgan fingerprint density at radius 3 is 2.71 bits per heavy atom. The van der Waals surface area contributed by atoms with Crippen LogP contribution in [0.5, 0.6) is 0 Å².